The van der Waals surface area contributed by atoms with Gasteiger partial charge in [0.05, 0.1) is 17.3 Å². The fourth-order valence-electron chi connectivity index (χ4n) is 4.13. The number of fused-ring (bicyclic) bond motifs is 1. The molecule has 2 heterocycles. The van der Waals surface area contributed by atoms with Crippen LogP contribution in [0.4, 0.5) is 11.5 Å². The molecule has 2 N–H and O–H groups in total. The molecule has 0 radical (unpaired) electrons. The zero-order chi connectivity index (χ0) is 18.5. The summed E-state index contributed by atoms with van der Waals surface area (Å²) in [4.78, 5) is 0. The molecule has 4 nitrogen and oxygen atoms in total. The van der Waals surface area contributed by atoms with Crippen molar-refractivity contribution in [3.05, 3.63) is 40.6 Å². The molecule has 2 unspecified atom stereocenters. The predicted octanol–water partition coefficient (Wildman–Crippen LogP) is 5.07. The summed E-state index contributed by atoms with van der Waals surface area (Å²) < 4.78 is 2.13. The van der Waals surface area contributed by atoms with Gasteiger partial charge in [-0.3, -0.25) is 0 Å². The Kier molecular flexibility index (Phi) is 4.56. The van der Waals surface area contributed by atoms with Crippen LogP contribution in [0.3, 0.4) is 0 Å². The molecule has 2 aromatic rings. The SMILES string of the molecule is Cc1c(C2CCC(O)C2)nn(C(C)(C)C)c1Nc1ccc2c(c1)CSC2. The first-order valence-corrected chi connectivity index (χ1v) is 10.7. The van der Waals surface area contributed by atoms with Gasteiger partial charge in [0.15, 0.2) is 0 Å². The number of nitrogens with one attached hydrogen (secondary N) is 1. The minimum Gasteiger partial charge on any atom is -0.393 e. The molecule has 26 heavy (non-hydrogen) atoms. The number of anilines is 2. The molecule has 1 aromatic carbocycles. The normalized spacial score (nSPS) is 22.7. The summed E-state index contributed by atoms with van der Waals surface area (Å²) >= 11 is 1.98. The van der Waals surface area contributed by atoms with Gasteiger partial charge in [0.2, 0.25) is 0 Å². The second kappa shape index (κ2) is 6.61. The van der Waals surface area contributed by atoms with E-state index in [-0.39, 0.29) is 11.6 Å². The number of aromatic nitrogens is 2. The van der Waals surface area contributed by atoms with Gasteiger partial charge < -0.3 is 10.4 Å². The van der Waals surface area contributed by atoms with E-state index in [1.165, 1.54) is 16.7 Å². The van der Waals surface area contributed by atoms with Crippen LogP contribution in [0.5, 0.6) is 0 Å². The summed E-state index contributed by atoms with van der Waals surface area (Å²) in [6.45, 7) is 8.74. The van der Waals surface area contributed by atoms with Gasteiger partial charge in [0.25, 0.3) is 0 Å². The van der Waals surface area contributed by atoms with Crippen LogP contribution in [0.2, 0.25) is 0 Å². The Morgan fingerprint density at radius 3 is 2.65 bits per heavy atom. The molecular weight excluding hydrogens is 342 g/mol. The van der Waals surface area contributed by atoms with Gasteiger partial charge in [-0.25, -0.2) is 4.68 Å². The largest absolute Gasteiger partial charge is 0.393 e. The Bertz CT molecular complexity index is 821. The van der Waals surface area contributed by atoms with Crippen LogP contribution in [0.15, 0.2) is 18.2 Å². The highest BCUT2D eigenvalue weighted by atomic mass is 32.2. The maximum absolute atomic E-state index is 9.96. The molecule has 2 aliphatic rings. The molecule has 4 rings (SSSR count). The standard InChI is InChI=1S/C21H29N3OS/c1-13-19(14-6-8-18(25)10-14)23-24(21(2,3)4)20(13)22-17-7-5-15-11-26-12-16(15)9-17/h5,7,9,14,18,22,25H,6,8,10-12H2,1-4H3. The van der Waals surface area contributed by atoms with Crippen LogP contribution in [0.1, 0.15) is 68.3 Å². The number of rotatable bonds is 3. The zero-order valence-electron chi connectivity index (χ0n) is 16.2. The fourth-order valence-corrected chi connectivity index (χ4v) is 5.22. The van der Waals surface area contributed by atoms with Crippen molar-refractivity contribution in [1.29, 1.82) is 0 Å². The van der Waals surface area contributed by atoms with Crippen molar-refractivity contribution in [2.75, 3.05) is 5.32 Å². The maximum atomic E-state index is 9.96. The third-order valence-corrected chi connectivity index (χ3v) is 6.60. The minimum atomic E-state index is -0.176. The Morgan fingerprint density at radius 1 is 1.19 bits per heavy atom. The zero-order valence-corrected chi connectivity index (χ0v) is 17.0. The highest BCUT2D eigenvalue weighted by Crippen LogP contribution is 2.40. The van der Waals surface area contributed by atoms with Crippen LogP contribution in [-0.2, 0) is 17.0 Å². The quantitative estimate of drug-likeness (QED) is 0.791. The van der Waals surface area contributed by atoms with Gasteiger partial charge in [-0.05, 0) is 70.2 Å². The maximum Gasteiger partial charge on any atom is 0.132 e. The van der Waals surface area contributed by atoms with E-state index in [1.54, 1.807) is 0 Å². The molecule has 0 bridgehead atoms. The summed E-state index contributed by atoms with van der Waals surface area (Å²) in [6, 6.07) is 6.72. The molecule has 1 fully saturated rings. The van der Waals surface area contributed by atoms with Crippen molar-refractivity contribution in [1.82, 2.24) is 9.78 Å². The predicted molar refractivity (Wildman–Crippen MR) is 109 cm³/mol. The van der Waals surface area contributed by atoms with E-state index in [2.05, 4.69) is 55.9 Å². The number of hydrogen-bond acceptors (Lipinski definition) is 4. The van der Waals surface area contributed by atoms with Crippen LogP contribution < -0.4 is 5.32 Å². The molecule has 2 atom stereocenters. The molecule has 140 valence electrons. The number of aliphatic hydroxyl groups excluding tert-OH is 1. The third-order valence-electron chi connectivity index (χ3n) is 5.57. The molecule has 0 spiro atoms. The second-order valence-corrected chi connectivity index (χ2v) is 9.69. The Balaban J connectivity index is 1.71. The number of thioether (sulfide) groups is 1. The van der Waals surface area contributed by atoms with Crippen molar-refractivity contribution in [2.45, 2.75) is 76.0 Å². The van der Waals surface area contributed by atoms with Gasteiger partial charge in [-0.2, -0.15) is 16.9 Å². The molecular formula is C21H29N3OS. The van der Waals surface area contributed by atoms with Gasteiger partial charge in [0.1, 0.15) is 5.82 Å². The van der Waals surface area contributed by atoms with Crippen molar-refractivity contribution in [2.24, 2.45) is 0 Å². The first-order chi connectivity index (χ1) is 12.3. The van der Waals surface area contributed by atoms with E-state index in [4.69, 9.17) is 5.10 Å². The van der Waals surface area contributed by atoms with Gasteiger partial charge in [0, 0.05) is 28.7 Å². The molecule has 0 amide bonds. The Hall–Kier alpha value is -1.46. The molecule has 0 saturated heterocycles. The van der Waals surface area contributed by atoms with Gasteiger partial charge in [-0.15, -0.1) is 0 Å². The molecule has 1 aromatic heterocycles. The number of aliphatic hydroxyl groups is 1. The third kappa shape index (κ3) is 3.27. The van der Waals surface area contributed by atoms with Crippen LogP contribution in [-0.4, -0.2) is 21.0 Å². The monoisotopic (exact) mass is 371 g/mol. The highest BCUT2D eigenvalue weighted by Gasteiger charge is 2.31. The lowest BCUT2D eigenvalue weighted by atomic mass is 10.0. The lowest BCUT2D eigenvalue weighted by Gasteiger charge is -2.23. The molecule has 5 heteroatoms. The first kappa shape index (κ1) is 17.9. The van der Waals surface area contributed by atoms with E-state index >= 15 is 0 Å². The van der Waals surface area contributed by atoms with Crippen molar-refractivity contribution in [3.63, 3.8) is 0 Å². The number of benzene rings is 1. The summed E-state index contributed by atoms with van der Waals surface area (Å²) in [5.41, 5.74) is 6.30. The van der Waals surface area contributed by atoms with Crippen molar-refractivity contribution >= 4 is 23.3 Å². The Morgan fingerprint density at radius 2 is 1.96 bits per heavy atom. The van der Waals surface area contributed by atoms with E-state index in [9.17, 15) is 5.11 Å². The number of hydrogen-bond donors (Lipinski definition) is 2. The minimum absolute atomic E-state index is 0.102. The van der Waals surface area contributed by atoms with Gasteiger partial charge >= 0.3 is 0 Å². The van der Waals surface area contributed by atoms with Gasteiger partial charge in [-0.1, -0.05) is 6.07 Å². The summed E-state index contributed by atoms with van der Waals surface area (Å²) in [7, 11) is 0. The summed E-state index contributed by atoms with van der Waals surface area (Å²) in [6.07, 6.45) is 2.57. The molecule has 1 saturated carbocycles. The van der Waals surface area contributed by atoms with E-state index < -0.39 is 0 Å². The highest BCUT2D eigenvalue weighted by molar-refractivity contribution is 7.98. The number of nitrogens with zero attached hydrogens (tertiary/aromatic N) is 2. The summed E-state index contributed by atoms with van der Waals surface area (Å²) in [5, 5.41) is 18.6. The lowest BCUT2D eigenvalue weighted by molar-refractivity contribution is 0.181. The van der Waals surface area contributed by atoms with E-state index in [1.807, 2.05) is 11.8 Å². The fraction of sp³-hybridized carbons (Fsp3) is 0.571. The smallest absolute Gasteiger partial charge is 0.132 e. The first-order valence-electron chi connectivity index (χ1n) is 9.57. The van der Waals surface area contributed by atoms with Crippen molar-refractivity contribution < 1.29 is 5.11 Å². The molecule has 1 aliphatic carbocycles. The lowest BCUT2D eigenvalue weighted by Crippen LogP contribution is -2.25. The van der Waals surface area contributed by atoms with E-state index in [0.717, 1.165) is 48.0 Å². The molecule has 1 aliphatic heterocycles. The second-order valence-electron chi connectivity index (χ2n) is 8.71. The van der Waals surface area contributed by atoms with E-state index in [0.29, 0.717) is 5.92 Å². The average Bonchev–Trinajstić information content (AvgIpc) is 3.27. The van der Waals surface area contributed by atoms with Crippen LogP contribution >= 0.6 is 11.8 Å². The summed E-state index contributed by atoms with van der Waals surface area (Å²) in [5.74, 6) is 3.68. The average molecular weight is 372 g/mol. The van der Waals surface area contributed by atoms with Crippen molar-refractivity contribution in [3.8, 4) is 0 Å². The Labute approximate surface area is 160 Å². The topological polar surface area (TPSA) is 50.1 Å². The van der Waals surface area contributed by atoms with Crippen LogP contribution in [0, 0.1) is 6.92 Å². The van der Waals surface area contributed by atoms with Crippen LogP contribution in [0.25, 0.3) is 0 Å².